The predicted molar refractivity (Wildman–Crippen MR) is 222 cm³/mol. The highest BCUT2D eigenvalue weighted by Gasteiger charge is 2.43. The minimum Gasteiger partial charge on any atom is -0.332 e. The number of hydrogen-bond acceptors (Lipinski definition) is 2. The zero-order chi connectivity index (χ0) is 35.3. The third-order valence-corrected chi connectivity index (χ3v) is 12.9. The summed E-state index contributed by atoms with van der Waals surface area (Å²) >= 11 is 2.01. The number of hydrogen-bond donors (Lipinski definition) is 0. The van der Waals surface area contributed by atoms with Crippen LogP contribution >= 0.6 is 11.3 Å². The molecule has 0 saturated heterocycles. The molecule has 3 aliphatic rings. The molecule has 0 aliphatic heterocycles. The molecule has 1 nitrogen and oxygen atoms in total. The van der Waals surface area contributed by atoms with E-state index in [1.54, 1.807) is 11.1 Å². The number of anilines is 2. The van der Waals surface area contributed by atoms with Crippen LogP contribution in [0.4, 0.5) is 11.4 Å². The average molecular weight is 684 g/mol. The summed E-state index contributed by atoms with van der Waals surface area (Å²) in [6, 6.07) is 36.4. The van der Waals surface area contributed by atoms with Gasteiger partial charge in [0.1, 0.15) is 0 Å². The molecular formula is C49H49NS. The third-order valence-electron chi connectivity index (χ3n) is 11.7. The van der Waals surface area contributed by atoms with E-state index in [0.29, 0.717) is 11.8 Å². The van der Waals surface area contributed by atoms with E-state index < -0.39 is 0 Å². The van der Waals surface area contributed by atoms with Gasteiger partial charge in [0, 0.05) is 26.4 Å². The van der Waals surface area contributed by atoms with Crippen LogP contribution in [0.2, 0.25) is 0 Å². The minimum atomic E-state index is -0.214. The SMILES string of the molecule is CC/C=C\C=C/C(C)C1=CC=C[C@](C)(N(c2ccccc2)c2ccc(-c3cccc4c5c(sc34)C3=C(C[C@H]5C)C(C)(C)c4ccccc43)cc2)C1. The Morgan fingerprint density at radius 2 is 1.57 bits per heavy atom. The maximum atomic E-state index is 2.53. The highest BCUT2D eigenvalue weighted by atomic mass is 32.1. The predicted octanol–water partition coefficient (Wildman–Crippen LogP) is 14.1. The number of nitrogens with zero attached hydrogens (tertiary/aromatic N) is 1. The smallest absolute Gasteiger partial charge is 0.0645 e. The number of para-hydroxylation sites is 1. The van der Waals surface area contributed by atoms with Gasteiger partial charge in [-0.05, 0) is 101 Å². The van der Waals surface area contributed by atoms with E-state index >= 15 is 0 Å². The van der Waals surface area contributed by atoms with Crippen molar-refractivity contribution >= 4 is 38.4 Å². The molecule has 256 valence electrons. The highest BCUT2D eigenvalue weighted by Crippen LogP contribution is 2.59. The van der Waals surface area contributed by atoms with Crippen molar-refractivity contribution in [3.8, 4) is 11.1 Å². The lowest BCUT2D eigenvalue weighted by atomic mass is 9.74. The Morgan fingerprint density at radius 1 is 0.843 bits per heavy atom. The molecule has 0 saturated carbocycles. The van der Waals surface area contributed by atoms with E-state index in [4.69, 9.17) is 0 Å². The van der Waals surface area contributed by atoms with Gasteiger partial charge in [0.05, 0.1) is 5.54 Å². The molecule has 0 fully saturated rings. The number of rotatable bonds is 8. The highest BCUT2D eigenvalue weighted by molar-refractivity contribution is 7.21. The molecule has 3 atom stereocenters. The fourth-order valence-electron chi connectivity index (χ4n) is 9.00. The summed E-state index contributed by atoms with van der Waals surface area (Å²) in [5.41, 5.74) is 13.9. The standard InChI is InChI=1S/C49H49NS/c1-7-8-9-11-18-33(2)36-19-17-30-49(6,32-36)50(37-20-12-10-13-21-37)38-28-26-35(27-29-38)39-23-16-24-41-44-34(3)31-43-45(47(44)51-46(39)41)40-22-14-15-25-42(40)48(43,4)5/h8-30,33-34H,7,31-32H2,1-6H3/b9-8-,18-11-/t33?,34-,49+/m1/s1. The molecule has 1 aromatic heterocycles. The van der Waals surface area contributed by atoms with Crippen molar-refractivity contribution in [1.82, 2.24) is 0 Å². The van der Waals surface area contributed by atoms with Gasteiger partial charge in [0.25, 0.3) is 0 Å². The monoisotopic (exact) mass is 683 g/mol. The van der Waals surface area contributed by atoms with E-state index in [2.05, 4.69) is 186 Å². The zero-order valence-electron chi connectivity index (χ0n) is 30.9. The first-order valence-electron chi connectivity index (χ1n) is 18.8. The van der Waals surface area contributed by atoms with E-state index in [1.807, 2.05) is 11.3 Å². The van der Waals surface area contributed by atoms with Crippen LogP contribution in [0.5, 0.6) is 0 Å². The summed E-state index contributed by atoms with van der Waals surface area (Å²) in [6.07, 6.45) is 19.0. The molecule has 0 amide bonds. The summed E-state index contributed by atoms with van der Waals surface area (Å²) < 4.78 is 1.41. The first kappa shape index (κ1) is 33.5. The Labute approximate surface area is 309 Å². The molecule has 0 N–H and O–H groups in total. The number of benzene rings is 4. The molecule has 51 heavy (non-hydrogen) atoms. The van der Waals surface area contributed by atoms with Crippen molar-refractivity contribution in [2.24, 2.45) is 5.92 Å². The fraction of sp³-hybridized carbons (Fsp3) is 0.265. The van der Waals surface area contributed by atoms with Crippen LogP contribution in [0.1, 0.15) is 88.3 Å². The molecule has 0 spiro atoms. The van der Waals surface area contributed by atoms with Gasteiger partial charge < -0.3 is 4.90 Å². The van der Waals surface area contributed by atoms with E-state index in [-0.39, 0.29) is 11.0 Å². The molecule has 8 rings (SSSR count). The summed E-state index contributed by atoms with van der Waals surface area (Å²) in [6.45, 7) is 14.2. The van der Waals surface area contributed by atoms with Gasteiger partial charge in [0.2, 0.25) is 0 Å². The lowest BCUT2D eigenvalue weighted by molar-refractivity contribution is 0.532. The largest absolute Gasteiger partial charge is 0.332 e. The summed E-state index contributed by atoms with van der Waals surface area (Å²) in [5, 5.41) is 1.43. The number of fused-ring (bicyclic) bond motifs is 6. The fourth-order valence-corrected chi connectivity index (χ4v) is 10.5. The van der Waals surface area contributed by atoms with Gasteiger partial charge in [0.15, 0.2) is 0 Å². The topological polar surface area (TPSA) is 3.24 Å². The van der Waals surface area contributed by atoms with Gasteiger partial charge in [-0.1, -0.05) is 161 Å². The summed E-state index contributed by atoms with van der Waals surface area (Å²) in [7, 11) is 0. The van der Waals surface area contributed by atoms with Gasteiger partial charge in [-0.3, -0.25) is 0 Å². The number of allylic oxidation sites excluding steroid dienone is 7. The minimum absolute atomic E-state index is 0.0682. The van der Waals surface area contributed by atoms with Crippen LogP contribution < -0.4 is 4.90 Å². The van der Waals surface area contributed by atoms with Crippen LogP contribution in [0.3, 0.4) is 0 Å². The number of thiophene rings is 1. The maximum absolute atomic E-state index is 2.53. The quantitative estimate of drug-likeness (QED) is 0.147. The van der Waals surface area contributed by atoms with Crippen molar-refractivity contribution in [2.75, 3.05) is 4.90 Å². The second kappa shape index (κ2) is 13.1. The van der Waals surface area contributed by atoms with Gasteiger partial charge in [-0.2, -0.15) is 0 Å². The normalized spacial score (nSPS) is 21.2. The van der Waals surface area contributed by atoms with E-state index in [1.165, 1.54) is 59.7 Å². The van der Waals surface area contributed by atoms with Crippen LogP contribution in [-0.2, 0) is 5.41 Å². The summed E-state index contributed by atoms with van der Waals surface area (Å²) in [4.78, 5) is 4.02. The van der Waals surface area contributed by atoms with E-state index in [0.717, 1.165) is 19.3 Å². The zero-order valence-corrected chi connectivity index (χ0v) is 31.7. The van der Waals surface area contributed by atoms with Crippen LogP contribution in [0.25, 0.3) is 26.8 Å². The first-order chi connectivity index (χ1) is 24.7. The average Bonchev–Trinajstić information content (AvgIpc) is 3.64. The first-order valence-corrected chi connectivity index (χ1v) is 19.6. The second-order valence-corrected chi connectivity index (χ2v) is 16.5. The molecule has 3 aliphatic carbocycles. The molecule has 4 aromatic carbocycles. The summed E-state index contributed by atoms with van der Waals surface area (Å²) in [5.74, 6) is 0.860. The molecule has 1 unspecified atom stereocenters. The second-order valence-electron chi connectivity index (χ2n) is 15.5. The van der Waals surface area contributed by atoms with Crippen LogP contribution in [0.15, 0.2) is 151 Å². The molecule has 0 radical (unpaired) electrons. The Kier molecular flexibility index (Phi) is 8.63. The van der Waals surface area contributed by atoms with Crippen molar-refractivity contribution in [2.45, 2.75) is 77.7 Å². The van der Waals surface area contributed by atoms with Crippen molar-refractivity contribution in [3.63, 3.8) is 0 Å². The van der Waals surface area contributed by atoms with Crippen LogP contribution in [-0.4, -0.2) is 5.54 Å². The molecular weight excluding hydrogens is 635 g/mol. The Hall–Kier alpha value is -4.66. The Morgan fingerprint density at radius 3 is 2.35 bits per heavy atom. The van der Waals surface area contributed by atoms with Crippen molar-refractivity contribution in [3.05, 3.63) is 172 Å². The molecule has 0 bridgehead atoms. The Bertz CT molecular complexity index is 2250. The molecule has 2 heteroatoms. The van der Waals surface area contributed by atoms with Gasteiger partial charge in [-0.25, -0.2) is 0 Å². The molecule has 5 aromatic rings. The Balaban J connectivity index is 1.17. The van der Waals surface area contributed by atoms with Gasteiger partial charge in [-0.15, -0.1) is 11.3 Å². The van der Waals surface area contributed by atoms with Crippen LogP contribution in [0, 0.1) is 5.92 Å². The van der Waals surface area contributed by atoms with Crippen molar-refractivity contribution in [1.29, 1.82) is 0 Å². The van der Waals surface area contributed by atoms with Gasteiger partial charge >= 0.3 is 0 Å². The maximum Gasteiger partial charge on any atom is 0.0645 e. The molecule has 1 heterocycles. The lowest BCUT2D eigenvalue weighted by Gasteiger charge is -2.43. The lowest BCUT2D eigenvalue weighted by Crippen LogP contribution is -2.43. The van der Waals surface area contributed by atoms with Crippen molar-refractivity contribution < 1.29 is 0 Å². The third kappa shape index (κ3) is 5.69. The van der Waals surface area contributed by atoms with E-state index in [9.17, 15) is 0 Å².